The number of benzene rings is 1. The fraction of sp³-hybridized carbons (Fsp3) is 0.647. The average Bonchev–Trinajstić information content (AvgIpc) is 2.67. The van der Waals surface area contributed by atoms with Crippen LogP contribution in [0.3, 0.4) is 0 Å². The predicted molar refractivity (Wildman–Crippen MR) is 85.2 cm³/mol. The average molecular weight is 314 g/mol. The van der Waals surface area contributed by atoms with E-state index in [0.29, 0.717) is 16.9 Å². The van der Waals surface area contributed by atoms with Crippen LogP contribution in [0, 0.1) is 17.7 Å². The van der Waals surface area contributed by atoms with E-state index in [1.54, 1.807) is 12.1 Å². The molecular weight excluding hydrogens is 289 g/mol. The number of rotatable bonds is 5. The summed E-state index contributed by atoms with van der Waals surface area (Å²) in [6.45, 7) is 9.45. The molecule has 0 spiro atoms. The van der Waals surface area contributed by atoms with Crippen LogP contribution in [-0.2, 0) is 11.2 Å². The topological polar surface area (TPSA) is 21.3 Å². The second kappa shape index (κ2) is 7.08. The first kappa shape index (κ1) is 16.7. The Bertz CT molecular complexity index is 482. The maximum atomic E-state index is 13.5. The van der Waals surface area contributed by atoms with Crippen LogP contribution in [0.4, 0.5) is 4.39 Å². The third-order valence-corrected chi connectivity index (χ3v) is 5.07. The second-order valence-electron chi connectivity index (χ2n) is 6.09. The summed E-state index contributed by atoms with van der Waals surface area (Å²) in [5.41, 5.74) is 0.863. The Morgan fingerprint density at radius 1 is 1.29 bits per heavy atom. The molecule has 0 aliphatic carbocycles. The molecule has 0 aromatic heterocycles. The quantitative estimate of drug-likeness (QED) is 0.885. The Morgan fingerprint density at radius 2 is 2.00 bits per heavy atom. The van der Waals surface area contributed by atoms with Gasteiger partial charge in [0.15, 0.2) is 0 Å². The molecule has 1 aromatic rings. The Hall–Kier alpha value is -0.640. The molecule has 2 nitrogen and oxygen atoms in total. The molecule has 4 heteroatoms. The molecule has 1 aliphatic heterocycles. The minimum atomic E-state index is -0.234. The van der Waals surface area contributed by atoms with Crippen LogP contribution in [0.5, 0.6) is 0 Å². The van der Waals surface area contributed by atoms with Crippen molar-refractivity contribution in [2.75, 3.05) is 6.54 Å². The standard InChI is InChI=1S/C17H25ClFNO/c1-5-20-16(17-10(2)11(3)21-12(17)4)9-13-8-14(19)6-7-15(13)18/h6-8,10-12,16-17,20H,5,9H2,1-4H3. The van der Waals surface area contributed by atoms with Crippen molar-refractivity contribution in [3.63, 3.8) is 0 Å². The van der Waals surface area contributed by atoms with Crippen molar-refractivity contribution in [1.29, 1.82) is 0 Å². The molecule has 1 heterocycles. The van der Waals surface area contributed by atoms with E-state index in [4.69, 9.17) is 16.3 Å². The molecule has 118 valence electrons. The molecule has 1 aromatic carbocycles. The first-order chi connectivity index (χ1) is 9.93. The molecule has 1 aliphatic rings. The van der Waals surface area contributed by atoms with E-state index in [9.17, 15) is 4.39 Å². The van der Waals surface area contributed by atoms with Gasteiger partial charge in [-0.15, -0.1) is 0 Å². The number of halogens is 2. The van der Waals surface area contributed by atoms with Gasteiger partial charge in [0.1, 0.15) is 5.82 Å². The van der Waals surface area contributed by atoms with Crippen molar-refractivity contribution in [2.45, 2.75) is 52.4 Å². The summed E-state index contributed by atoms with van der Waals surface area (Å²) in [6.07, 6.45) is 1.18. The molecule has 0 radical (unpaired) electrons. The highest BCUT2D eigenvalue weighted by molar-refractivity contribution is 6.31. The van der Waals surface area contributed by atoms with Crippen LogP contribution in [-0.4, -0.2) is 24.8 Å². The molecule has 0 amide bonds. The van der Waals surface area contributed by atoms with Crippen molar-refractivity contribution < 1.29 is 9.13 Å². The predicted octanol–water partition coefficient (Wildman–Crippen LogP) is 4.06. The Balaban J connectivity index is 2.21. The molecule has 2 rings (SSSR count). The highest BCUT2D eigenvalue weighted by Crippen LogP contribution is 2.36. The summed E-state index contributed by atoms with van der Waals surface area (Å²) in [5, 5.41) is 4.17. The van der Waals surface area contributed by atoms with Crippen molar-refractivity contribution in [3.05, 3.63) is 34.6 Å². The van der Waals surface area contributed by atoms with Gasteiger partial charge in [0.2, 0.25) is 0 Å². The largest absolute Gasteiger partial charge is 0.375 e. The lowest BCUT2D eigenvalue weighted by molar-refractivity contribution is 0.0476. The molecule has 0 bridgehead atoms. The third-order valence-electron chi connectivity index (χ3n) is 4.70. The summed E-state index contributed by atoms with van der Waals surface area (Å²) >= 11 is 6.22. The van der Waals surface area contributed by atoms with Gasteiger partial charge in [0, 0.05) is 17.0 Å². The highest BCUT2D eigenvalue weighted by Gasteiger charge is 2.41. The highest BCUT2D eigenvalue weighted by atomic mass is 35.5. The van der Waals surface area contributed by atoms with E-state index in [-0.39, 0.29) is 24.1 Å². The van der Waals surface area contributed by atoms with Gasteiger partial charge in [-0.3, -0.25) is 0 Å². The van der Waals surface area contributed by atoms with Crippen molar-refractivity contribution in [3.8, 4) is 0 Å². The maximum Gasteiger partial charge on any atom is 0.123 e. The Morgan fingerprint density at radius 3 is 2.57 bits per heavy atom. The van der Waals surface area contributed by atoms with E-state index in [2.05, 4.69) is 33.0 Å². The van der Waals surface area contributed by atoms with Crippen LogP contribution in [0.25, 0.3) is 0 Å². The summed E-state index contributed by atoms with van der Waals surface area (Å²) in [7, 11) is 0. The number of nitrogens with one attached hydrogen (secondary N) is 1. The second-order valence-corrected chi connectivity index (χ2v) is 6.49. The molecule has 1 saturated heterocycles. The minimum Gasteiger partial charge on any atom is -0.375 e. The number of ether oxygens (including phenoxy) is 1. The summed E-state index contributed by atoms with van der Waals surface area (Å²) in [4.78, 5) is 0. The first-order valence-corrected chi connectivity index (χ1v) is 8.14. The van der Waals surface area contributed by atoms with Gasteiger partial charge in [0.25, 0.3) is 0 Å². The van der Waals surface area contributed by atoms with E-state index in [1.807, 2.05) is 0 Å². The van der Waals surface area contributed by atoms with Gasteiger partial charge in [-0.1, -0.05) is 25.4 Å². The van der Waals surface area contributed by atoms with E-state index in [0.717, 1.165) is 18.5 Å². The fourth-order valence-electron chi connectivity index (χ4n) is 3.53. The first-order valence-electron chi connectivity index (χ1n) is 7.76. The van der Waals surface area contributed by atoms with Gasteiger partial charge in [0.05, 0.1) is 12.2 Å². The maximum absolute atomic E-state index is 13.5. The van der Waals surface area contributed by atoms with Crippen LogP contribution in [0.15, 0.2) is 18.2 Å². The van der Waals surface area contributed by atoms with Crippen LogP contribution < -0.4 is 5.32 Å². The zero-order chi connectivity index (χ0) is 15.6. The zero-order valence-electron chi connectivity index (χ0n) is 13.2. The van der Waals surface area contributed by atoms with Crippen molar-refractivity contribution in [2.24, 2.45) is 11.8 Å². The SMILES string of the molecule is CCNC(Cc1cc(F)ccc1Cl)C1C(C)OC(C)C1C. The lowest BCUT2D eigenvalue weighted by Gasteiger charge is -2.30. The molecule has 5 atom stereocenters. The lowest BCUT2D eigenvalue weighted by Crippen LogP contribution is -2.43. The lowest BCUT2D eigenvalue weighted by atomic mass is 9.81. The molecular formula is C17H25ClFNO. The normalized spacial score (nSPS) is 30.6. The van der Waals surface area contributed by atoms with Gasteiger partial charge in [-0.25, -0.2) is 4.39 Å². The summed E-state index contributed by atoms with van der Waals surface area (Å²) in [6, 6.07) is 4.82. The Kier molecular flexibility index (Phi) is 5.64. The number of hydrogen-bond acceptors (Lipinski definition) is 2. The molecule has 1 N–H and O–H groups in total. The van der Waals surface area contributed by atoms with Crippen molar-refractivity contribution >= 4 is 11.6 Å². The molecule has 5 unspecified atom stereocenters. The van der Waals surface area contributed by atoms with Gasteiger partial charge in [-0.2, -0.15) is 0 Å². The van der Waals surface area contributed by atoms with E-state index < -0.39 is 0 Å². The molecule has 1 fully saturated rings. The summed E-state index contributed by atoms with van der Waals surface area (Å²) < 4.78 is 19.4. The monoisotopic (exact) mass is 313 g/mol. The fourth-order valence-corrected chi connectivity index (χ4v) is 3.73. The van der Waals surface area contributed by atoms with E-state index in [1.165, 1.54) is 6.07 Å². The van der Waals surface area contributed by atoms with Crippen LogP contribution in [0.2, 0.25) is 5.02 Å². The van der Waals surface area contributed by atoms with Crippen LogP contribution >= 0.6 is 11.6 Å². The minimum absolute atomic E-state index is 0.200. The van der Waals surface area contributed by atoms with Crippen LogP contribution in [0.1, 0.15) is 33.3 Å². The molecule has 21 heavy (non-hydrogen) atoms. The number of likely N-dealkylation sites (N-methyl/N-ethyl adjacent to an activating group) is 1. The van der Waals surface area contributed by atoms with Gasteiger partial charge < -0.3 is 10.1 Å². The third kappa shape index (κ3) is 3.77. The Labute approximate surface area is 132 Å². The summed E-state index contributed by atoms with van der Waals surface area (Å²) in [5.74, 6) is 0.637. The zero-order valence-corrected chi connectivity index (χ0v) is 14.0. The van der Waals surface area contributed by atoms with E-state index >= 15 is 0 Å². The van der Waals surface area contributed by atoms with Crippen molar-refractivity contribution in [1.82, 2.24) is 5.32 Å². The molecule has 0 saturated carbocycles. The number of hydrogen-bond donors (Lipinski definition) is 1. The smallest absolute Gasteiger partial charge is 0.123 e. The van der Waals surface area contributed by atoms with Gasteiger partial charge in [-0.05, 0) is 56.5 Å². The van der Waals surface area contributed by atoms with Gasteiger partial charge >= 0.3 is 0 Å².